The van der Waals surface area contributed by atoms with Crippen LogP contribution in [0.15, 0.2) is 42.9 Å². The number of hydrogen-bond donors (Lipinski definition) is 4. The van der Waals surface area contributed by atoms with Gasteiger partial charge in [0, 0.05) is 110 Å². The van der Waals surface area contributed by atoms with E-state index in [2.05, 4.69) is 76.9 Å². The molecule has 706 valence electrons. The third-order valence-corrected chi connectivity index (χ3v) is 17.7. The van der Waals surface area contributed by atoms with E-state index in [-0.39, 0.29) is 100 Å². The lowest BCUT2D eigenvalue weighted by Crippen LogP contribution is -2.53. The number of benzene rings is 1. The number of rotatable bonds is 42. The summed E-state index contributed by atoms with van der Waals surface area (Å²) in [6, 6.07) is 4.44. The molecule has 1 aliphatic heterocycles. The number of ether oxygens (including phenoxy) is 8. The minimum absolute atomic E-state index is 0.00606. The van der Waals surface area contributed by atoms with Gasteiger partial charge in [0.15, 0.2) is 0 Å². The molecule has 2 atom stereocenters. The maximum absolute atomic E-state index is 14.2. The van der Waals surface area contributed by atoms with Crippen molar-refractivity contribution in [2.24, 2.45) is 5.41 Å². The van der Waals surface area contributed by atoms with Crippen molar-refractivity contribution in [2.45, 2.75) is 314 Å². The number of esters is 7. The lowest BCUT2D eigenvalue weighted by molar-refractivity contribution is -0.192. The van der Waals surface area contributed by atoms with Crippen molar-refractivity contribution in [1.29, 1.82) is 0 Å². The summed E-state index contributed by atoms with van der Waals surface area (Å²) >= 11 is 0. The molecule has 1 aromatic carbocycles. The van der Waals surface area contributed by atoms with Crippen LogP contribution in [0.1, 0.15) is 247 Å². The SMILES string of the molecule is CC(C)(C)CN1CCN(CC(=O)NCCCn2cc(COc3ccc(CN(CCCCCC(=O)NCCCC[C@H](NC(=O)N[C@@H](CCC(=O)OC(C)(C)C)C(=O)OC(C)(C)C)C(=O)OC(C)(C)C)Cc4nccn4CC(=O)N(CC(=O)OC(C)(C)C)CC(=O)OC(C)(C)C)cc3)nn2)CCN(CC(=O)OC(C)(C)C)CCN(CC(=O)OC(C)(C)C)CC1.O=C=O. The molecule has 5 amide bonds. The van der Waals surface area contributed by atoms with Crippen molar-refractivity contribution in [3.8, 4) is 5.75 Å². The Morgan fingerprint density at radius 1 is 0.472 bits per heavy atom. The van der Waals surface area contributed by atoms with Crippen LogP contribution in [0.4, 0.5) is 4.79 Å². The molecule has 2 aromatic heterocycles. The molecule has 36 heteroatoms. The van der Waals surface area contributed by atoms with E-state index in [1.54, 1.807) is 125 Å². The van der Waals surface area contributed by atoms with Crippen LogP contribution in [-0.2, 0) is 123 Å². The van der Waals surface area contributed by atoms with Crippen molar-refractivity contribution in [3.05, 3.63) is 59.9 Å². The predicted molar refractivity (Wildman–Crippen MR) is 466 cm³/mol. The molecule has 4 N–H and O–H groups in total. The van der Waals surface area contributed by atoms with Gasteiger partial charge in [-0.2, -0.15) is 9.59 Å². The Labute approximate surface area is 740 Å². The van der Waals surface area contributed by atoms with Gasteiger partial charge in [0.2, 0.25) is 17.7 Å². The van der Waals surface area contributed by atoms with Crippen molar-refractivity contribution < 1.29 is 100 Å². The average molecular weight is 1770 g/mol. The van der Waals surface area contributed by atoms with Gasteiger partial charge >= 0.3 is 54.0 Å². The summed E-state index contributed by atoms with van der Waals surface area (Å²) in [7, 11) is 0. The Balaban J connectivity index is 0.0000132. The lowest BCUT2D eigenvalue weighted by atomic mass is 9.96. The number of aromatic nitrogens is 5. The van der Waals surface area contributed by atoms with Gasteiger partial charge in [-0.25, -0.2) is 19.4 Å². The molecule has 0 unspecified atom stereocenters. The van der Waals surface area contributed by atoms with Gasteiger partial charge in [0.05, 0.1) is 32.4 Å². The largest absolute Gasteiger partial charge is 0.487 e. The van der Waals surface area contributed by atoms with Crippen molar-refractivity contribution in [1.82, 2.24) is 75.2 Å². The van der Waals surface area contributed by atoms with Crippen LogP contribution in [0.25, 0.3) is 0 Å². The van der Waals surface area contributed by atoms with Gasteiger partial charge in [-0.05, 0) is 220 Å². The minimum Gasteiger partial charge on any atom is -0.487 e. The molecule has 1 aliphatic rings. The van der Waals surface area contributed by atoms with E-state index in [0.29, 0.717) is 141 Å². The van der Waals surface area contributed by atoms with Crippen LogP contribution in [0.5, 0.6) is 5.75 Å². The molecular weight excluding hydrogens is 1620 g/mol. The van der Waals surface area contributed by atoms with E-state index in [9.17, 15) is 52.7 Å². The zero-order valence-electron chi connectivity index (χ0n) is 79.3. The maximum Gasteiger partial charge on any atom is 0.373 e. The highest BCUT2D eigenvalue weighted by Gasteiger charge is 2.34. The van der Waals surface area contributed by atoms with Gasteiger partial charge in [-0.15, -0.1) is 5.10 Å². The van der Waals surface area contributed by atoms with Gasteiger partial charge < -0.3 is 73.5 Å². The highest BCUT2D eigenvalue weighted by molar-refractivity contribution is 5.88. The summed E-state index contributed by atoms with van der Waals surface area (Å²) in [6.07, 6.45) is 8.75. The first-order valence-corrected chi connectivity index (χ1v) is 43.4. The molecule has 3 heterocycles. The number of unbranched alkanes of at least 4 members (excludes halogenated alkanes) is 3. The fraction of sp³-hybridized carbons (Fsp3) is 0.742. The molecule has 0 saturated carbocycles. The summed E-state index contributed by atoms with van der Waals surface area (Å²) in [4.78, 5) is 180. The number of amides is 5. The van der Waals surface area contributed by atoms with Crippen LogP contribution in [-0.4, -0.2) is 288 Å². The summed E-state index contributed by atoms with van der Waals surface area (Å²) in [6.45, 7) is 50.4. The molecule has 0 spiro atoms. The van der Waals surface area contributed by atoms with Crippen LogP contribution >= 0.6 is 0 Å². The average Bonchev–Trinajstić information content (AvgIpc) is 1.76. The molecule has 0 aliphatic carbocycles. The Morgan fingerprint density at radius 3 is 1.41 bits per heavy atom. The van der Waals surface area contributed by atoms with Crippen molar-refractivity contribution in [3.63, 3.8) is 0 Å². The van der Waals surface area contributed by atoms with E-state index in [0.717, 1.165) is 17.0 Å². The first-order chi connectivity index (χ1) is 57.8. The zero-order chi connectivity index (χ0) is 94.3. The molecule has 36 nitrogen and oxygen atoms in total. The predicted octanol–water partition coefficient (Wildman–Crippen LogP) is 8.13. The normalized spacial score (nSPS) is 14.5. The highest BCUT2D eigenvalue weighted by Crippen LogP contribution is 2.23. The van der Waals surface area contributed by atoms with Gasteiger partial charge in [0.1, 0.15) is 94.8 Å². The molecule has 1 saturated heterocycles. The first kappa shape index (κ1) is 110. The van der Waals surface area contributed by atoms with E-state index in [1.807, 2.05) is 76.9 Å². The quantitative estimate of drug-likeness (QED) is 0.0236. The lowest BCUT2D eigenvalue weighted by Gasteiger charge is -2.36. The van der Waals surface area contributed by atoms with Gasteiger partial charge in [-0.3, -0.25) is 62.6 Å². The summed E-state index contributed by atoms with van der Waals surface area (Å²) < 4.78 is 48.7. The Kier molecular flexibility index (Phi) is 45.6. The van der Waals surface area contributed by atoms with Gasteiger partial charge in [-0.1, -0.05) is 44.5 Å². The topological polar surface area (TPSA) is 412 Å². The molecular formula is C89H149N15O21. The Morgan fingerprint density at radius 2 is 0.920 bits per heavy atom. The van der Waals surface area contributed by atoms with Crippen molar-refractivity contribution in [2.75, 3.05) is 111 Å². The van der Waals surface area contributed by atoms with Crippen LogP contribution in [0, 0.1) is 5.41 Å². The molecule has 4 rings (SSSR count). The number of hydrogen-bond acceptors (Lipinski definition) is 29. The maximum atomic E-state index is 14.2. The third kappa shape index (κ3) is 53.6. The van der Waals surface area contributed by atoms with Gasteiger partial charge in [0.25, 0.3) is 0 Å². The summed E-state index contributed by atoms with van der Waals surface area (Å²) in [5.74, 6) is -3.73. The number of urea groups is 1. The minimum atomic E-state index is -1.25. The second-order valence-corrected chi connectivity index (χ2v) is 39.7. The molecule has 0 radical (unpaired) electrons. The number of nitrogens with zero attached hydrogens (tertiary/aromatic N) is 11. The number of carbonyl (C=O) groups is 11. The number of aryl methyl sites for hydroxylation is 1. The molecule has 1 fully saturated rings. The first-order valence-electron chi connectivity index (χ1n) is 43.4. The van der Waals surface area contributed by atoms with Crippen LogP contribution in [0.3, 0.4) is 0 Å². The Bertz CT molecular complexity index is 3870. The zero-order valence-corrected chi connectivity index (χ0v) is 79.3. The van der Waals surface area contributed by atoms with E-state index >= 15 is 0 Å². The second-order valence-electron chi connectivity index (χ2n) is 39.7. The molecule has 0 bridgehead atoms. The third-order valence-electron chi connectivity index (χ3n) is 17.7. The summed E-state index contributed by atoms with van der Waals surface area (Å²) in [5, 5.41) is 20.0. The number of imidazole rings is 1. The standard InChI is InChI=1S/C88H149N15O19.CO2/c1-81(2,3)63-99-51-49-96(45-46-97(58-74(108)117-83(7,8)9)47-48-98(50-52-99)59-75(109)118-84(10,11)12)56-71(105)91-40-30-43-103-54-65(94-95-103)62-115-66-35-33-64(34-36-66)53-100(55-69-89-41-44-101(69)57-72(106)102(60-76(110)119-85(13,14)15)61-77(111)120-86(16,17)18)42-29-25-26-32-70(104)90-39-28-27-31-67(78(112)121-87(19,20)21)92-80(114)93-68(79(113)122-88(22,23)24)37-38-73(107)116-82(4,5)6;2-1-3/h33-36,41,44,54,67-68H,25-32,37-40,42-43,45-53,55-63H2,1-24H3,(H,90,104)(H,91,105)(H2,92,93,114);/t67-,68-;/m0./s1. The van der Waals surface area contributed by atoms with Crippen LogP contribution in [0.2, 0.25) is 0 Å². The Hall–Kier alpha value is -9.48. The number of carbonyl (C=O) groups excluding carboxylic acids is 13. The van der Waals surface area contributed by atoms with E-state index in [4.69, 9.17) is 47.5 Å². The smallest absolute Gasteiger partial charge is 0.373 e. The molecule has 125 heavy (non-hydrogen) atoms. The van der Waals surface area contributed by atoms with E-state index < -0.39 is 106 Å². The molecule has 3 aromatic rings. The fourth-order valence-corrected chi connectivity index (χ4v) is 12.8. The summed E-state index contributed by atoms with van der Waals surface area (Å²) in [5.41, 5.74) is -4.00. The number of nitrogens with one attached hydrogen (secondary N) is 4. The van der Waals surface area contributed by atoms with Crippen molar-refractivity contribution >= 4 is 71.7 Å². The van der Waals surface area contributed by atoms with E-state index in [1.165, 1.54) is 0 Å². The van der Waals surface area contributed by atoms with Crippen LogP contribution < -0.4 is 26.0 Å². The highest BCUT2D eigenvalue weighted by atomic mass is 16.6. The fourth-order valence-electron chi connectivity index (χ4n) is 12.8. The monoisotopic (exact) mass is 1760 g/mol. The second kappa shape index (κ2) is 52.0.